The van der Waals surface area contributed by atoms with Crippen molar-refractivity contribution in [3.63, 3.8) is 0 Å². The lowest BCUT2D eigenvalue weighted by Gasteiger charge is -2.11. The molecule has 0 saturated carbocycles. The number of nitrogens with zero attached hydrogens (tertiary/aromatic N) is 2. The summed E-state index contributed by atoms with van der Waals surface area (Å²) >= 11 is 3.13. The van der Waals surface area contributed by atoms with Crippen LogP contribution < -0.4 is 9.88 Å². The fraction of sp³-hybridized carbons (Fsp3) is 0.273. The van der Waals surface area contributed by atoms with Crippen LogP contribution in [-0.2, 0) is 15.8 Å². The summed E-state index contributed by atoms with van der Waals surface area (Å²) in [5.41, 5.74) is 0. The van der Waals surface area contributed by atoms with Gasteiger partial charge in [-0.3, -0.25) is 0 Å². The van der Waals surface area contributed by atoms with Crippen LogP contribution in [0.3, 0.4) is 0 Å². The number of aromatic nitrogens is 2. The number of primary sulfonamides is 1. The topological polar surface area (TPSA) is 108 Å². The summed E-state index contributed by atoms with van der Waals surface area (Å²) in [5, 5.41) is 8.45. The van der Waals surface area contributed by atoms with Gasteiger partial charge < -0.3 is 9.26 Å². The van der Waals surface area contributed by atoms with E-state index >= 15 is 0 Å². The number of sulfonamides is 1. The minimum atomic E-state index is -3.76. The van der Waals surface area contributed by atoms with Crippen molar-refractivity contribution in [1.82, 2.24) is 10.1 Å². The van der Waals surface area contributed by atoms with Crippen molar-refractivity contribution in [2.45, 2.75) is 18.8 Å². The summed E-state index contributed by atoms with van der Waals surface area (Å²) in [4.78, 5) is 3.85. The van der Waals surface area contributed by atoms with Gasteiger partial charge in [0, 0.05) is 4.47 Å². The summed E-state index contributed by atoms with van der Waals surface area (Å²) in [6.45, 7) is 1.58. The molecule has 2 aromatic rings. The molecule has 0 spiro atoms. The SMILES string of the molecule is C[C@H](Oc1ccc(Br)cc1F)c1noc(CS(N)(=O)=O)n1. The number of ether oxygens (including phenoxy) is 1. The lowest BCUT2D eigenvalue weighted by Crippen LogP contribution is -2.14. The van der Waals surface area contributed by atoms with Gasteiger partial charge in [0.1, 0.15) is 5.75 Å². The summed E-state index contributed by atoms with van der Waals surface area (Å²) in [5.74, 6) is -1.16. The second-order valence-electron chi connectivity index (χ2n) is 4.19. The maximum Gasteiger partial charge on any atom is 0.243 e. The highest BCUT2D eigenvalue weighted by Gasteiger charge is 2.19. The lowest BCUT2D eigenvalue weighted by molar-refractivity contribution is 0.201. The molecule has 0 aliphatic carbocycles. The van der Waals surface area contributed by atoms with Gasteiger partial charge in [0.2, 0.25) is 21.7 Å². The molecule has 2 N–H and O–H groups in total. The highest BCUT2D eigenvalue weighted by Crippen LogP contribution is 2.25. The Balaban J connectivity index is 2.11. The first-order valence-corrected chi connectivity index (χ1v) is 8.20. The summed E-state index contributed by atoms with van der Waals surface area (Å²) in [6, 6.07) is 4.32. The molecular weight excluding hydrogens is 369 g/mol. The molecule has 114 valence electrons. The number of hydrogen-bond acceptors (Lipinski definition) is 6. The molecule has 7 nitrogen and oxygen atoms in total. The largest absolute Gasteiger partial charge is 0.480 e. The molecule has 0 radical (unpaired) electrons. The Kier molecular flexibility index (Phi) is 4.59. The second-order valence-corrected chi connectivity index (χ2v) is 6.72. The van der Waals surface area contributed by atoms with Crippen molar-refractivity contribution in [1.29, 1.82) is 0 Å². The third-order valence-electron chi connectivity index (χ3n) is 2.37. The smallest absolute Gasteiger partial charge is 0.243 e. The molecule has 10 heteroatoms. The van der Waals surface area contributed by atoms with Crippen LogP contribution in [0, 0.1) is 5.82 Å². The summed E-state index contributed by atoms with van der Waals surface area (Å²) < 4.78 is 46.2. The van der Waals surface area contributed by atoms with Crippen LogP contribution in [0.1, 0.15) is 24.7 Å². The van der Waals surface area contributed by atoms with E-state index in [0.717, 1.165) is 0 Å². The predicted octanol–water partition coefficient (Wildman–Crippen LogP) is 1.90. The Hall–Kier alpha value is -1.52. The van der Waals surface area contributed by atoms with Crippen LogP contribution >= 0.6 is 15.9 Å². The Morgan fingerprint density at radius 2 is 2.24 bits per heavy atom. The van der Waals surface area contributed by atoms with Crippen molar-refractivity contribution in [3.8, 4) is 5.75 Å². The third kappa shape index (κ3) is 4.48. The van der Waals surface area contributed by atoms with Crippen LogP contribution in [0.5, 0.6) is 5.75 Å². The van der Waals surface area contributed by atoms with Crippen LogP contribution in [0.4, 0.5) is 4.39 Å². The van der Waals surface area contributed by atoms with Gasteiger partial charge in [-0.25, -0.2) is 17.9 Å². The predicted molar refractivity (Wildman–Crippen MR) is 74.3 cm³/mol. The van der Waals surface area contributed by atoms with E-state index in [1.54, 1.807) is 13.0 Å². The van der Waals surface area contributed by atoms with E-state index in [1.165, 1.54) is 12.1 Å². The van der Waals surface area contributed by atoms with Crippen molar-refractivity contribution in [2.75, 3.05) is 0 Å². The first-order valence-electron chi connectivity index (χ1n) is 5.69. The van der Waals surface area contributed by atoms with E-state index in [4.69, 9.17) is 14.4 Å². The molecule has 2 rings (SSSR count). The maximum absolute atomic E-state index is 13.6. The van der Waals surface area contributed by atoms with Crippen LogP contribution in [0.2, 0.25) is 0 Å². The molecular formula is C11H11BrFN3O4S. The number of rotatable bonds is 5. The molecule has 21 heavy (non-hydrogen) atoms. The van der Waals surface area contributed by atoms with Gasteiger partial charge in [-0.1, -0.05) is 21.1 Å². The standard InChI is InChI=1S/C11H11BrFN3O4S/c1-6(19-9-3-2-7(12)4-8(9)13)11-15-10(20-16-11)5-21(14,17)18/h2-4,6H,5H2,1H3,(H2,14,17,18)/t6-/m0/s1. The van der Waals surface area contributed by atoms with Crippen LogP contribution in [0.15, 0.2) is 27.2 Å². The first kappa shape index (κ1) is 15.9. The van der Waals surface area contributed by atoms with Crippen molar-refractivity contribution in [2.24, 2.45) is 5.14 Å². The number of benzene rings is 1. The average Bonchev–Trinajstić information content (AvgIpc) is 2.78. The Bertz CT molecular complexity index is 750. The Morgan fingerprint density at radius 3 is 2.86 bits per heavy atom. The van der Waals surface area contributed by atoms with Crippen molar-refractivity contribution >= 4 is 26.0 Å². The van der Waals surface area contributed by atoms with E-state index < -0.39 is 27.7 Å². The van der Waals surface area contributed by atoms with Gasteiger partial charge in [-0.2, -0.15) is 4.98 Å². The van der Waals surface area contributed by atoms with Crippen LogP contribution in [-0.4, -0.2) is 18.6 Å². The van der Waals surface area contributed by atoms with Crippen molar-refractivity contribution < 1.29 is 22.1 Å². The Morgan fingerprint density at radius 1 is 1.52 bits per heavy atom. The van der Waals surface area contributed by atoms with E-state index in [-0.39, 0.29) is 17.5 Å². The highest BCUT2D eigenvalue weighted by atomic mass is 79.9. The third-order valence-corrected chi connectivity index (χ3v) is 3.51. The summed E-state index contributed by atoms with van der Waals surface area (Å²) in [6.07, 6.45) is -0.723. The molecule has 0 amide bonds. The number of nitrogens with two attached hydrogens (primary N) is 1. The molecule has 0 fully saturated rings. The average molecular weight is 380 g/mol. The molecule has 0 aliphatic heterocycles. The van der Waals surface area contributed by atoms with E-state index in [0.29, 0.717) is 4.47 Å². The fourth-order valence-electron chi connectivity index (χ4n) is 1.48. The molecule has 1 atom stereocenters. The zero-order valence-electron chi connectivity index (χ0n) is 10.8. The molecule has 1 aromatic carbocycles. The van der Waals surface area contributed by atoms with Gasteiger partial charge in [0.05, 0.1) is 0 Å². The summed E-state index contributed by atoms with van der Waals surface area (Å²) in [7, 11) is -3.76. The number of halogens is 2. The monoisotopic (exact) mass is 379 g/mol. The zero-order valence-corrected chi connectivity index (χ0v) is 13.2. The molecule has 0 bridgehead atoms. The highest BCUT2D eigenvalue weighted by molar-refractivity contribution is 9.10. The van der Waals surface area contributed by atoms with Crippen LogP contribution in [0.25, 0.3) is 0 Å². The first-order chi connectivity index (χ1) is 9.74. The zero-order chi connectivity index (χ0) is 15.6. The quantitative estimate of drug-likeness (QED) is 0.849. The van der Waals surface area contributed by atoms with E-state index in [1.807, 2.05) is 0 Å². The van der Waals surface area contributed by atoms with E-state index in [2.05, 4.69) is 26.1 Å². The van der Waals surface area contributed by atoms with Crippen molar-refractivity contribution in [3.05, 3.63) is 40.2 Å². The number of hydrogen-bond donors (Lipinski definition) is 1. The lowest BCUT2D eigenvalue weighted by atomic mass is 10.3. The fourth-order valence-corrected chi connectivity index (χ4v) is 2.27. The minimum Gasteiger partial charge on any atom is -0.480 e. The van der Waals surface area contributed by atoms with Gasteiger partial charge in [0.15, 0.2) is 17.7 Å². The molecule has 1 heterocycles. The van der Waals surface area contributed by atoms with Gasteiger partial charge in [-0.05, 0) is 25.1 Å². The van der Waals surface area contributed by atoms with E-state index in [9.17, 15) is 12.8 Å². The van der Waals surface area contributed by atoms with Gasteiger partial charge in [-0.15, -0.1) is 0 Å². The normalized spacial score (nSPS) is 13.1. The van der Waals surface area contributed by atoms with Gasteiger partial charge >= 0.3 is 0 Å². The molecule has 0 unspecified atom stereocenters. The minimum absolute atomic E-state index is 0.0171. The second kappa shape index (κ2) is 6.08. The molecule has 1 aromatic heterocycles. The molecule has 0 saturated heterocycles. The Labute approximate surface area is 128 Å². The molecule has 0 aliphatic rings. The maximum atomic E-state index is 13.6. The van der Waals surface area contributed by atoms with Gasteiger partial charge in [0.25, 0.3) is 0 Å².